The zero-order valence-electron chi connectivity index (χ0n) is 17.9. The lowest BCUT2D eigenvalue weighted by atomic mass is 10.0. The van der Waals surface area contributed by atoms with Crippen molar-refractivity contribution in [1.82, 2.24) is 15.5 Å². The lowest BCUT2D eigenvalue weighted by Crippen LogP contribution is -2.45. The van der Waals surface area contributed by atoms with Crippen molar-refractivity contribution in [3.8, 4) is 11.5 Å². The molecule has 0 radical (unpaired) electrons. The summed E-state index contributed by atoms with van der Waals surface area (Å²) in [5.41, 5.74) is 1.70. The van der Waals surface area contributed by atoms with Crippen LogP contribution in [-0.2, 0) is 11.3 Å². The standard InChI is InChI=1S/C22H27FN4O3.HI/c1-27(2)21(28)14-25-22(24-13-15-10-16(23)12-17(11-15)29-3)26-19-8-9-30-20-7-5-4-6-18(19)20;/h4-7,10-12,19H,8-9,13-14H2,1-3H3,(H2,24,25,26);1H. The molecule has 1 unspecified atom stereocenters. The van der Waals surface area contributed by atoms with Crippen LogP contribution in [0.25, 0.3) is 0 Å². The van der Waals surface area contributed by atoms with Crippen molar-refractivity contribution in [2.75, 3.05) is 34.4 Å². The third-order valence-corrected chi connectivity index (χ3v) is 4.76. The maximum absolute atomic E-state index is 13.8. The van der Waals surface area contributed by atoms with E-state index in [0.717, 1.165) is 17.7 Å². The monoisotopic (exact) mass is 542 g/mol. The molecule has 168 valence electrons. The predicted molar refractivity (Wildman–Crippen MR) is 129 cm³/mol. The molecule has 1 amide bonds. The number of nitrogens with one attached hydrogen (secondary N) is 2. The van der Waals surface area contributed by atoms with Gasteiger partial charge in [-0.15, -0.1) is 24.0 Å². The number of guanidine groups is 1. The van der Waals surface area contributed by atoms with Crippen LogP contribution >= 0.6 is 24.0 Å². The van der Waals surface area contributed by atoms with E-state index in [1.54, 1.807) is 20.2 Å². The van der Waals surface area contributed by atoms with Gasteiger partial charge in [0.05, 0.1) is 32.8 Å². The minimum absolute atomic E-state index is 0. The van der Waals surface area contributed by atoms with Gasteiger partial charge < -0.3 is 25.0 Å². The second-order valence-corrected chi connectivity index (χ2v) is 7.18. The van der Waals surface area contributed by atoms with Crippen molar-refractivity contribution >= 4 is 35.8 Å². The highest BCUT2D eigenvalue weighted by atomic mass is 127. The Bertz CT molecular complexity index is 923. The molecule has 2 aromatic carbocycles. The maximum Gasteiger partial charge on any atom is 0.241 e. The number of halogens is 2. The lowest BCUT2D eigenvalue weighted by Gasteiger charge is -2.28. The predicted octanol–water partition coefficient (Wildman–Crippen LogP) is 3.10. The Kier molecular flexibility index (Phi) is 9.35. The number of amides is 1. The SMILES string of the molecule is COc1cc(F)cc(CN=C(NCC(=O)N(C)C)NC2CCOc3ccccc32)c1.I. The Labute approximate surface area is 199 Å². The van der Waals surface area contributed by atoms with E-state index in [2.05, 4.69) is 15.6 Å². The van der Waals surface area contributed by atoms with Gasteiger partial charge in [0, 0.05) is 32.1 Å². The van der Waals surface area contributed by atoms with Crippen LogP contribution in [0.3, 0.4) is 0 Å². The van der Waals surface area contributed by atoms with Crippen LogP contribution in [0.1, 0.15) is 23.6 Å². The number of hydrogen-bond donors (Lipinski definition) is 2. The van der Waals surface area contributed by atoms with Gasteiger partial charge in [0.15, 0.2) is 5.96 Å². The molecule has 0 bridgehead atoms. The van der Waals surface area contributed by atoms with Crippen molar-refractivity contribution in [3.05, 3.63) is 59.4 Å². The number of carbonyl (C=O) groups is 1. The number of rotatable bonds is 6. The smallest absolute Gasteiger partial charge is 0.241 e. The van der Waals surface area contributed by atoms with Gasteiger partial charge >= 0.3 is 0 Å². The van der Waals surface area contributed by atoms with Gasteiger partial charge in [-0.05, 0) is 23.8 Å². The van der Waals surface area contributed by atoms with Crippen molar-refractivity contribution in [2.24, 2.45) is 4.99 Å². The summed E-state index contributed by atoms with van der Waals surface area (Å²) in [5.74, 6) is 1.27. The number of aliphatic imine (C=N–C) groups is 1. The molecule has 2 N–H and O–H groups in total. The summed E-state index contributed by atoms with van der Waals surface area (Å²) in [6.45, 7) is 0.903. The summed E-state index contributed by atoms with van der Waals surface area (Å²) in [5, 5.41) is 6.46. The van der Waals surface area contributed by atoms with Crippen LogP contribution in [0.2, 0.25) is 0 Å². The first-order chi connectivity index (χ1) is 14.5. The highest BCUT2D eigenvalue weighted by molar-refractivity contribution is 14.0. The molecule has 0 spiro atoms. The Morgan fingerprint density at radius 3 is 2.81 bits per heavy atom. The number of likely N-dealkylation sites (N-methyl/N-ethyl adjacent to an activating group) is 1. The molecule has 1 aliphatic heterocycles. The minimum Gasteiger partial charge on any atom is -0.497 e. The number of benzene rings is 2. The average molecular weight is 542 g/mol. The van der Waals surface area contributed by atoms with Crippen LogP contribution in [0, 0.1) is 5.82 Å². The van der Waals surface area contributed by atoms with E-state index in [-0.39, 0.29) is 54.8 Å². The van der Waals surface area contributed by atoms with Crippen molar-refractivity contribution in [1.29, 1.82) is 0 Å². The van der Waals surface area contributed by atoms with E-state index in [4.69, 9.17) is 9.47 Å². The third-order valence-electron chi connectivity index (χ3n) is 4.76. The van der Waals surface area contributed by atoms with Crippen molar-refractivity contribution in [3.63, 3.8) is 0 Å². The van der Waals surface area contributed by atoms with Crippen LogP contribution in [0.15, 0.2) is 47.5 Å². The van der Waals surface area contributed by atoms with E-state index in [9.17, 15) is 9.18 Å². The zero-order valence-corrected chi connectivity index (χ0v) is 20.2. The largest absolute Gasteiger partial charge is 0.497 e. The Balaban J connectivity index is 0.00000341. The summed E-state index contributed by atoms with van der Waals surface area (Å²) >= 11 is 0. The number of carbonyl (C=O) groups excluding carboxylic acids is 1. The molecule has 0 fully saturated rings. The van der Waals surface area contributed by atoms with Crippen LogP contribution in [0.5, 0.6) is 11.5 Å². The number of ether oxygens (including phenoxy) is 2. The van der Waals surface area contributed by atoms with Crippen LogP contribution in [0.4, 0.5) is 4.39 Å². The molecular formula is C22H28FIN4O3. The highest BCUT2D eigenvalue weighted by Gasteiger charge is 2.22. The molecule has 0 aromatic heterocycles. The summed E-state index contributed by atoms with van der Waals surface area (Å²) in [4.78, 5) is 18.1. The van der Waals surface area contributed by atoms with Gasteiger partial charge in [0.1, 0.15) is 17.3 Å². The van der Waals surface area contributed by atoms with Crippen LogP contribution in [-0.4, -0.2) is 51.1 Å². The molecule has 31 heavy (non-hydrogen) atoms. The van der Waals surface area contributed by atoms with E-state index in [1.807, 2.05) is 24.3 Å². The molecule has 0 saturated heterocycles. The fourth-order valence-corrected chi connectivity index (χ4v) is 3.13. The summed E-state index contributed by atoms with van der Waals surface area (Å²) in [7, 11) is 4.88. The molecule has 7 nitrogen and oxygen atoms in total. The van der Waals surface area contributed by atoms with E-state index in [0.29, 0.717) is 23.9 Å². The molecular weight excluding hydrogens is 514 g/mol. The third kappa shape index (κ3) is 6.98. The number of fused-ring (bicyclic) bond motifs is 1. The zero-order chi connectivity index (χ0) is 21.5. The number of nitrogens with zero attached hydrogens (tertiary/aromatic N) is 2. The molecule has 0 aliphatic carbocycles. The van der Waals surface area contributed by atoms with Gasteiger partial charge in [-0.1, -0.05) is 18.2 Å². The second-order valence-electron chi connectivity index (χ2n) is 7.18. The molecule has 0 saturated carbocycles. The Hall–Kier alpha value is -2.56. The fraction of sp³-hybridized carbons (Fsp3) is 0.364. The van der Waals surface area contributed by atoms with Gasteiger partial charge in [-0.25, -0.2) is 9.38 Å². The first kappa shape index (κ1) is 24.7. The Morgan fingerprint density at radius 1 is 1.29 bits per heavy atom. The van der Waals surface area contributed by atoms with Crippen molar-refractivity contribution < 1.29 is 18.7 Å². The van der Waals surface area contributed by atoms with Crippen LogP contribution < -0.4 is 20.1 Å². The average Bonchev–Trinajstić information content (AvgIpc) is 2.75. The minimum atomic E-state index is -0.386. The van der Waals surface area contributed by atoms with E-state index in [1.165, 1.54) is 24.1 Å². The maximum atomic E-state index is 13.8. The quantitative estimate of drug-likeness (QED) is 0.334. The van der Waals surface area contributed by atoms with E-state index >= 15 is 0 Å². The van der Waals surface area contributed by atoms with Gasteiger partial charge in [-0.2, -0.15) is 0 Å². The molecule has 1 atom stereocenters. The Morgan fingerprint density at radius 2 is 2.06 bits per heavy atom. The normalized spacial score (nSPS) is 15.1. The summed E-state index contributed by atoms with van der Waals surface area (Å²) < 4.78 is 24.6. The summed E-state index contributed by atoms with van der Waals surface area (Å²) in [6.07, 6.45) is 0.757. The van der Waals surface area contributed by atoms with Crippen molar-refractivity contribution in [2.45, 2.75) is 19.0 Å². The topological polar surface area (TPSA) is 75.2 Å². The summed E-state index contributed by atoms with van der Waals surface area (Å²) in [6, 6.07) is 12.3. The van der Waals surface area contributed by atoms with E-state index < -0.39 is 0 Å². The molecule has 2 aromatic rings. The van der Waals surface area contributed by atoms with Gasteiger partial charge in [0.25, 0.3) is 0 Å². The molecule has 3 rings (SSSR count). The first-order valence-corrected chi connectivity index (χ1v) is 9.76. The number of para-hydroxylation sites is 1. The second kappa shape index (κ2) is 11.7. The molecule has 1 aliphatic rings. The fourth-order valence-electron chi connectivity index (χ4n) is 3.13. The number of hydrogen-bond acceptors (Lipinski definition) is 4. The lowest BCUT2D eigenvalue weighted by molar-refractivity contribution is -0.127. The first-order valence-electron chi connectivity index (χ1n) is 9.76. The number of methoxy groups -OCH3 is 1. The van der Waals surface area contributed by atoms with Gasteiger partial charge in [-0.3, -0.25) is 4.79 Å². The molecule has 1 heterocycles. The highest BCUT2D eigenvalue weighted by Crippen LogP contribution is 2.31. The molecule has 9 heteroatoms. The van der Waals surface area contributed by atoms with Gasteiger partial charge in [0.2, 0.25) is 5.91 Å².